The van der Waals surface area contributed by atoms with Crippen LogP contribution in [0.4, 0.5) is 0 Å². The highest BCUT2D eigenvalue weighted by Crippen LogP contribution is 2.28. The molecule has 1 aliphatic rings. The standard InChI is InChI=1S/C24H29N3O3S/c1-17-13-18(2)15-22(14-17)30-11-12-31-24-26-25-23(19-6-8-20(28-3)9-7-19)27(24)16-21-5-4-10-29-21/h6-9,13-15,21H,4-5,10-12,16H2,1-3H3. The molecule has 31 heavy (non-hydrogen) atoms. The molecule has 0 radical (unpaired) electrons. The molecule has 0 amide bonds. The van der Waals surface area contributed by atoms with Gasteiger partial charge in [-0.3, -0.25) is 4.57 Å². The zero-order valence-corrected chi connectivity index (χ0v) is 19.2. The van der Waals surface area contributed by atoms with Gasteiger partial charge in [0.05, 0.1) is 26.4 Å². The van der Waals surface area contributed by atoms with Gasteiger partial charge in [-0.2, -0.15) is 0 Å². The van der Waals surface area contributed by atoms with E-state index in [0.29, 0.717) is 6.61 Å². The average molecular weight is 440 g/mol. The Labute approximate surface area is 187 Å². The molecule has 164 valence electrons. The van der Waals surface area contributed by atoms with Crippen LogP contribution in [-0.4, -0.2) is 46.9 Å². The van der Waals surface area contributed by atoms with E-state index >= 15 is 0 Å². The van der Waals surface area contributed by atoms with E-state index in [1.54, 1.807) is 18.9 Å². The molecule has 3 aromatic rings. The summed E-state index contributed by atoms with van der Waals surface area (Å²) in [4.78, 5) is 0. The van der Waals surface area contributed by atoms with E-state index in [1.807, 2.05) is 24.3 Å². The predicted octanol–water partition coefficient (Wildman–Crippen LogP) is 4.92. The molecule has 2 aromatic carbocycles. The first-order valence-corrected chi connectivity index (χ1v) is 11.6. The SMILES string of the molecule is COc1ccc(-c2nnc(SCCOc3cc(C)cc(C)c3)n2CC2CCCO2)cc1. The van der Waals surface area contributed by atoms with Crippen molar-refractivity contribution in [2.24, 2.45) is 0 Å². The average Bonchev–Trinajstić information content (AvgIpc) is 3.41. The first-order valence-electron chi connectivity index (χ1n) is 10.7. The van der Waals surface area contributed by atoms with Gasteiger partial charge in [0.2, 0.25) is 0 Å². The van der Waals surface area contributed by atoms with Crippen molar-refractivity contribution in [1.29, 1.82) is 0 Å². The molecule has 4 rings (SSSR count). The number of benzene rings is 2. The number of hydrogen-bond donors (Lipinski definition) is 0. The zero-order valence-electron chi connectivity index (χ0n) is 18.3. The molecule has 1 aromatic heterocycles. The third-order valence-electron chi connectivity index (χ3n) is 5.25. The van der Waals surface area contributed by atoms with Crippen LogP contribution < -0.4 is 9.47 Å². The van der Waals surface area contributed by atoms with Gasteiger partial charge in [-0.25, -0.2) is 0 Å². The van der Waals surface area contributed by atoms with Gasteiger partial charge < -0.3 is 14.2 Å². The smallest absolute Gasteiger partial charge is 0.191 e. The van der Waals surface area contributed by atoms with Gasteiger partial charge in [0, 0.05) is 17.9 Å². The van der Waals surface area contributed by atoms with Crippen molar-refractivity contribution in [3.8, 4) is 22.9 Å². The lowest BCUT2D eigenvalue weighted by molar-refractivity contribution is 0.0953. The molecule has 1 saturated heterocycles. The number of thioether (sulfide) groups is 1. The van der Waals surface area contributed by atoms with Crippen LogP contribution in [0.25, 0.3) is 11.4 Å². The Morgan fingerprint density at radius 1 is 1.06 bits per heavy atom. The predicted molar refractivity (Wildman–Crippen MR) is 123 cm³/mol. The summed E-state index contributed by atoms with van der Waals surface area (Å²) < 4.78 is 19.3. The van der Waals surface area contributed by atoms with Crippen LogP contribution in [0.3, 0.4) is 0 Å². The number of methoxy groups -OCH3 is 1. The maximum absolute atomic E-state index is 5.96. The molecule has 7 heteroatoms. The normalized spacial score (nSPS) is 15.9. The summed E-state index contributed by atoms with van der Waals surface area (Å²) in [6, 6.07) is 14.2. The van der Waals surface area contributed by atoms with Crippen molar-refractivity contribution < 1.29 is 14.2 Å². The molecule has 1 unspecified atom stereocenters. The number of rotatable bonds is 9. The Morgan fingerprint density at radius 3 is 2.52 bits per heavy atom. The molecule has 2 heterocycles. The summed E-state index contributed by atoms with van der Waals surface area (Å²) in [5.41, 5.74) is 3.44. The molecule has 0 saturated carbocycles. The summed E-state index contributed by atoms with van der Waals surface area (Å²) >= 11 is 1.67. The molecule has 0 bridgehead atoms. The minimum Gasteiger partial charge on any atom is -0.497 e. The molecular weight excluding hydrogens is 410 g/mol. The largest absolute Gasteiger partial charge is 0.497 e. The fourth-order valence-corrected chi connectivity index (χ4v) is 4.58. The molecule has 0 aliphatic carbocycles. The van der Waals surface area contributed by atoms with Crippen molar-refractivity contribution in [2.75, 3.05) is 26.1 Å². The molecular formula is C24H29N3O3S. The Kier molecular flexibility index (Phi) is 7.14. The molecule has 1 atom stereocenters. The lowest BCUT2D eigenvalue weighted by Crippen LogP contribution is -2.17. The highest BCUT2D eigenvalue weighted by molar-refractivity contribution is 7.99. The van der Waals surface area contributed by atoms with Crippen LogP contribution >= 0.6 is 11.8 Å². The Hall–Kier alpha value is -2.51. The highest BCUT2D eigenvalue weighted by atomic mass is 32.2. The fourth-order valence-electron chi connectivity index (χ4n) is 3.81. The zero-order chi connectivity index (χ0) is 21.6. The summed E-state index contributed by atoms with van der Waals surface area (Å²) in [6.07, 6.45) is 2.38. The van der Waals surface area contributed by atoms with E-state index in [-0.39, 0.29) is 6.10 Å². The van der Waals surface area contributed by atoms with Gasteiger partial charge in [-0.05, 0) is 74.2 Å². The lowest BCUT2D eigenvalue weighted by Gasteiger charge is -2.15. The second-order valence-electron chi connectivity index (χ2n) is 7.80. The van der Waals surface area contributed by atoms with Crippen LogP contribution in [-0.2, 0) is 11.3 Å². The number of nitrogens with zero attached hydrogens (tertiary/aromatic N) is 3. The number of aromatic nitrogens is 3. The monoisotopic (exact) mass is 439 g/mol. The third kappa shape index (κ3) is 5.60. The van der Waals surface area contributed by atoms with Gasteiger partial charge in [-0.15, -0.1) is 10.2 Å². The Bertz CT molecular complexity index is 978. The Morgan fingerprint density at radius 2 is 1.84 bits per heavy atom. The van der Waals surface area contributed by atoms with Crippen molar-refractivity contribution in [3.05, 3.63) is 53.6 Å². The minimum atomic E-state index is 0.207. The Balaban J connectivity index is 1.46. The van der Waals surface area contributed by atoms with Crippen LogP contribution in [0.2, 0.25) is 0 Å². The number of ether oxygens (including phenoxy) is 3. The molecule has 0 spiro atoms. The number of aryl methyl sites for hydroxylation is 2. The summed E-state index contributed by atoms with van der Waals surface area (Å²) in [6.45, 7) is 6.37. The molecule has 6 nitrogen and oxygen atoms in total. The second kappa shape index (κ2) is 10.2. The fraction of sp³-hybridized carbons (Fsp3) is 0.417. The maximum Gasteiger partial charge on any atom is 0.191 e. The molecule has 0 N–H and O–H groups in total. The topological polar surface area (TPSA) is 58.4 Å². The quantitative estimate of drug-likeness (QED) is 0.348. The van der Waals surface area contributed by atoms with E-state index < -0.39 is 0 Å². The second-order valence-corrected chi connectivity index (χ2v) is 8.86. The van der Waals surface area contributed by atoms with Crippen molar-refractivity contribution >= 4 is 11.8 Å². The van der Waals surface area contributed by atoms with Gasteiger partial charge in [0.15, 0.2) is 11.0 Å². The maximum atomic E-state index is 5.96. The summed E-state index contributed by atoms with van der Waals surface area (Å²) in [7, 11) is 1.67. The van der Waals surface area contributed by atoms with E-state index in [9.17, 15) is 0 Å². The molecule has 1 aliphatic heterocycles. The van der Waals surface area contributed by atoms with Crippen molar-refractivity contribution in [1.82, 2.24) is 14.8 Å². The van der Waals surface area contributed by atoms with Crippen LogP contribution in [0, 0.1) is 13.8 Å². The number of hydrogen-bond acceptors (Lipinski definition) is 6. The lowest BCUT2D eigenvalue weighted by atomic mass is 10.1. The van der Waals surface area contributed by atoms with Crippen LogP contribution in [0.1, 0.15) is 24.0 Å². The van der Waals surface area contributed by atoms with Crippen LogP contribution in [0.15, 0.2) is 47.6 Å². The van der Waals surface area contributed by atoms with Crippen molar-refractivity contribution in [3.63, 3.8) is 0 Å². The van der Waals surface area contributed by atoms with Gasteiger partial charge >= 0.3 is 0 Å². The van der Waals surface area contributed by atoms with Gasteiger partial charge in [0.25, 0.3) is 0 Å². The van der Waals surface area contributed by atoms with Crippen molar-refractivity contribution in [2.45, 2.75) is 44.5 Å². The minimum absolute atomic E-state index is 0.207. The van der Waals surface area contributed by atoms with Gasteiger partial charge in [-0.1, -0.05) is 17.8 Å². The highest BCUT2D eigenvalue weighted by Gasteiger charge is 2.21. The summed E-state index contributed by atoms with van der Waals surface area (Å²) in [5, 5.41) is 9.88. The van der Waals surface area contributed by atoms with Gasteiger partial charge in [0.1, 0.15) is 11.5 Å². The van der Waals surface area contributed by atoms with E-state index in [2.05, 4.69) is 46.8 Å². The summed E-state index contributed by atoms with van der Waals surface area (Å²) in [5.74, 6) is 3.39. The first kappa shape index (κ1) is 21.7. The van der Waals surface area contributed by atoms with E-state index in [1.165, 1.54) is 11.1 Å². The van der Waals surface area contributed by atoms with E-state index in [0.717, 1.165) is 59.8 Å². The van der Waals surface area contributed by atoms with Crippen LogP contribution in [0.5, 0.6) is 11.5 Å². The third-order valence-corrected chi connectivity index (χ3v) is 6.18. The van der Waals surface area contributed by atoms with E-state index in [4.69, 9.17) is 14.2 Å². The first-order chi connectivity index (χ1) is 15.1. The molecule has 1 fully saturated rings.